The Morgan fingerprint density at radius 2 is 2.00 bits per heavy atom. The van der Waals surface area contributed by atoms with E-state index in [1.54, 1.807) is 36.9 Å². The maximum Gasteiger partial charge on any atom is 0.409 e. The number of hydrogen-bond acceptors (Lipinski definition) is 5. The summed E-state index contributed by atoms with van der Waals surface area (Å²) in [6.07, 6.45) is 0.814. The zero-order valence-corrected chi connectivity index (χ0v) is 18.5. The number of hydrogen-bond donors (Lipinski definition) is 2. The highest BCUT2D eigenvalue weighted by Gasteiger charge is 2.49. The van der Waals surface area contributed by atoms with Crippen molar-refractivity contribution in [3.63, 3.8) is 0 Å². The third-order valence-corrected chi connectivity index (χ3v) is 5.86. The lowest BCUT2D eigenvalue weighted by Crippen LogP contribution is -2.49. The van der Waals surface area contributed by atoms with Gasteiger partial charge in [0.2, 0.25) is 5.91 Å². The number of benzene rings is 1. The standard InChI is InChI=1S/C20H25BrN4O5/c1-3-30-19(29)24-9-7-15(8-10-24)22-16(26)12-25-17(27)20(2,23-18(25)28)13-5-4-6-14(21)11-13/h4-6,11,15H,3,7-10,12H2,1-2H3,(H,22,26)(H,23,28). The average molecular weight is 481 g/mol. The van der Waals surface area contributed by atoms with Crippen LogP contribution in [-0.4, -0.2) is 66.0 Å². The van der Waals surface area contributed by atoms with E-state index < -0.39 is 23.4 Å². The molecule has 3 rings (SSSR count). The normalized spacial score (nSPS) is 22.1. The fraction of sp³-hybridized carbons (Fsp3) is 0.500. The van der Waals surface area contributed by atoms with Gasteiger partial charge in [0, 0.05) is 23.6 Å². The van der Waals surface area contributed by atoms with Gasteiger partial charge in [0.15, 0.2) is 0 Å². The first-order valence-electron chi connectivity index (χ1n) is 9.85. The molecule has 10 heteroatoms. The van der Waals surface area contributed by atoms with Crippen LogP contribution < -0.4 is 10.6 Å². The summed E-state index contributed by atoms with van der Waals surface area (Å²) in [7, 11) is 0. The summed E-state index contributed by atoms with van der Waals surface area (Å²) in [5, 5.41) is 5.55. The molecule has 0 radical (unpaired) electrons. The topological polar surface area (TPSA) is 108 Å². The quantitative estimate of drug-likeness (QED) is 0.626. The Bertz CT molecular complexity index is 855. The van der Waals surface area contributed by atoms with Gasteiger partial charge < -0.3 is 20.3 Å². The highest BCUT2D eigenvalue weighted by molar-refractivity contribution is 9.10. The smallest absolute Gasteiger partial charge is 0.409 e. The number of carbonyl (C=O) groups is 4. The predicted octanol–water partition coefficient (Wildman–Crippen LogP) is 1.95. The summed E-state index contributed by atoms with van der Waals surface area (Å²) >= 11 is 3.37. The summed E-state index contributed by atoms with van der Waals surface area (Å²) in [4.78, 5) is 52.1. The lowest BCUT2D eigenvalue weighted by atomic mass is 9.92. The Kier molecular flexibility index (Phi) is 6.64. The number of rotatable bonds is 5. The van der Waals surface area contributed by atoms with Crippen LogP contribution in [0.1, 0.15) is 32.3 Å². The molecule has 2 heterocycles. The van der Waals surface area contributed by atoms with Crippen LogP contribution in [0.5, 0.6) is 0 Å². The van der Waals surface area contributed by atoms with Crippen LogP contribution in [0.2, 0.25) is 0 Å². The van der Waals surface area contributed by atoms with E-state index in [-0.39, 0.29) is 18.7 Å². The number of piperidine rings is 1. The first-order valence-corrected chi connectivity index (χ1v) is 10.6. The van der Waals surface area contributed by atoms with E-state index in [9.17, 15) is 19.2 Å². The average Bonchev–Trinajstić information content (AvgIpc) is 2.93. The Labute approximate surface area is 183 Å². The first-order chi connectivity index (χ1) is 14.2. The number of ether oxygens (including phenoxy) is 1. The molecule has 162 valence electrons. The Hall–Kier alpha value is -2.62. The molecule has 2 fully saturated rings. The van der Waals surface area contributed by atoms with Gasteiger partial charge in [0.1, 0.15) is 12.1 Å². The van der Waals surface area contributed by atoms with E-state index in [1.807, 2.05) is 6.07 Å². The molecule has 2 saturated heterocycles. The van der Waals surface area contributed by atoms with Crippen molar-refractivity contribution in [2.45, 2.75) is 38.3 Å². The highest BCUT2D eigenvalue weighted by Crippen LogP contribution is 2.30. The number of nitrogens with zero attached hydrogens (tertiary/aromatic N) is 2. The fourth-order valence-corrected chi connectivity index (χ4v) is 4.07. The molecular weight excluding hydrogens is 456 g/mol. The van der Waals surface area contributed by atoms with Crippen molar-refractivity contribution in [3.05, 3.63) is 34.3 Å². The minimum Gasteiger partial charge on any atom is -0.450 e. The molecule has 1 unspecified atom stereocenters. The molecule has 2 aliphatic heterocycles. The molecule has 5 amide bonds. The zero-order valence-electron chi connectivity index (χ0n) is 16.9. The molecule has 2 aliphatic rings. The Morgan fingerprint density at radius 1 is 1.30 bits per heavy atom. The van der Waals surface area contributed by atoms with Crippen molar-refractivity contribution in [1.82, 2.24) is 20.4 Å². The number of urea groups is 1. The van der Waals surface area contributed by atoms with E-state index in [0.717, 1.165) is 9.37 Å². The van der Waals surface area contributed by atoms with Gasteiger partial charge in [0.25, 0.3) is 5.91 Å². The molecule has 0 aromatic heterocycles. The maximum atomic E-state index is 12.9. The molecule has 2 N–H and O–H groups in total. The lowest BCUT2D eigenvalue weighted by Gasteiger charge is -2.31. The number of imide groups is 1. The largest absolute Gasteiger partial charge is 0.450 e. The lowest BCUT2D eigenvalue weighted by molar-refractivity contribution is -0.135. The minimum atomic E-state index is -1.23. The van der Waals surface area contributed by atoms with E-state index in [4.69, 9.17) is 4.74 Å². The number of likely N-dealkylation sites (tertiary alicyclic amines) is 1. The van der Waals surface area contributed by atoms with E-state index in [2.05, 4.69) is 26.6 Å². The zero-order chi connectivity index (χ0) is 21.9. The van der Waals surface area contributed by atoms with Gasteiger partial charge >= 0.3 is 12.1 Å². The van der Waals surface area contributed by atoms with Crippen LogP contribution in [0, 0.1) is 0 Å². The number of nitrogens with one attached hydrogen (secondary N) is 2. The summed E-state index contributed by atoms with van der Waals surface area (Å²) < 4.78 is 5.77. The summed E-state index contributed by atoms with van der Waals surface area (Å²) in [5.41, 5.74) is -0.601. The van der Waals surface area contributed by atoms with Gasteiger partial charge in [0.05, 0.1) is 6.61 Å². The highest BCUT2D eigenvalue weighted by atomic mass is 79.9. The van der Waals surface area contributed by atoms with Crippen LogP contribution in [0.4, 0.5) is 9.59 Å². The van der Waals surface area contributed by atoms with Crippen molar-refractivity contribution in [2.75, 3.05) is 26.2 Å². The molecular formula is C20H25BrN4O5. The van der Waals surface area contributed by atoms with Crippen LogP contribution in [0.25, 0.3) is 0 Å². The van der Waals surface area contributed by atoms with Crippen molar-refractivity contribution < 1.29 is 23.9 Å². The number of halogens is 1. The van der Waals surface area contributed by atoms with E-state index >= 15 is 0 Å². The molecule has 0 bridgehead atoms. The number of amides is 5. The minimum absolute atomic E-state index is 0.125. The van der Waals surface area contributed by atoms with Crippen LogP contribution >= 0.6 is 15.9 Å². The second kappa shape index (κ2) is 9.03. The second-order valence-corrected chi connectivity index (χ2v) is 8.40. The second-order valence-electron chi connectivity index (χ2n) is 7.48. The van der Waals surface area contributed by atoms with Gasteiger partial charge in [-0.3, -0.25) is 14.5 Å². The van der Waals surface area contributed by atoms with Crippen molar-refractivity contribution in [1.29, 1.82) is 0 Å². The molecule has 9 nitrogen and oxygen atoms in total. The van der Waals surface area contributed by atoms with Gasteiger partial charge in [-0.05, 0) is 44.4 Å². The predicted molar refractivity (Wildman–Crippen MR) is 111 cm³/mol. The van der Waals surface area contributed by atoms with Crippen molar-refractivity contribution in [2.24, 2.45) is 0 Å². The molecule has 0 saturated carbocycles. The van der Waals surface area contributed by atoms with Gasteiger partial charge in [-0.15, -0.1) is 0 Å². The SMILES string of the molecule is CCOC(=O)N1CCC(NC(=O)CN2C(=O)NC(C)(c3cccc(Br)c3)C2=O)CC1. The third-order valence-electron chi connectivity index (χ3n) is 5.36. The Morgan fingerprint density at radius 3 is 2.63 bits per heavy atom. The van der Waals surface area contributed by atoms with Crippen LogP contribution in [-0.2, 0) is 19.9 Å². The van der Waals surface area contributed by atoms with Crippen molar-refractivity contribution in [3.8, 4) is 0 Å². The summed E-state index contributed by atoms with van der Waals surface area (Å²) in [6, 6.07) is 6.40. The Balaban J connectivity index is 1.56. The molecule has 0 spiro atoms. The van der Waals surface area contributed by atoms with E-state index in [0.29, 0.717) is 38.1 Å². The van der Waals surface area contributed by atoms with Crippen molar-refractivity contribution >= 4 is 39.9 Å². The first kappa shape index (κ1) is 22.1. The molecule has 1 aromatic rings. The monoisotopic (exact) mass is 480 g/mol. The summed E-state index contributed by atoms with van der Waals surface area (Å²) in [6.45, 7) is 4.30. The number of carbonyl (C=O) groups excluding carboxylic acids is 4. The molecule has 1 atom stereocenters. The van der Waals surface area contributed by atoms with Gasteiger partial charge in [-0.25, -0.2) is 9.59 Å². The molecule has 0 aliphatic carbocycles. The summed E-state index contributed by atoms with van der Waals surface area (Å²) in [5.74, 6) is -0.885. The fourth-order valence-electron chi connectivity index (χ4n) is 3.67. The molecule has 1 aromatic carbocycles. The van der Waals surface area contributed by atoms with Crippen LogP contribution in [0.3, 0.4) is 0 Å². The third kappa shape index (κ3) is 4.58. The maximum absolute atomic E-state index is 12.9. The van der Waals surface area contributed by atoms with Gasteiger partial charge in [-0.1, -0.05) is 28.1 Å². The molecule has 30 heavy (non-hydrogen) atoms. The van der Waals surface area contributed by atoms with Gasteiger partial charge in [-0.2, -0.15) is 0 Å². The van der Waals surface area contributed by atoms with E-state index in [1.165, 1.54) is 0 Å². The van der Waals surface area contributed by atoms with Crippen LogP contribution in [0.15, 0.2) is 28.7 Å².